The van der Waals surface area contributed by atoms with E-state index in [-0.39, 0.29) is 5.91 Å². The van der Waals surface area contributed by atoms with Crippen molar-refractivity contribution in [3.63, 3.8) is 0 Å². The molecule has 0 unspecified atom stereocenters. The van der Waals surface area contributed by atoms with E-state index < -0.39 is 11.5 Å². The Bertz CT molecular complexity index is 471. The SMILES string of the molecule is CCN(C(C)=O)c1nc(CNC(C)(C)C(=O)O)cs1. The first kappa shape index (κ1) is 15.6. The number of nitrogens with one attached hydrogen (secondary N) is 1. The molecule has 19 heavy (non-hydrogen) atoms. The number of rotatable bonds is 6. The highest BCUT2D eigenvalue weighted by Crippen LogP contribution is 2.20. The van der Waals surface area contributed by atoms with E-state index in [1.54, 1.807) is 18.7 Å². The number of nitrogens with zero attached hydrogens (tertiary/aromatic N) is 2. The minimum absolute atomic E-state index is 0.0535. The second kappa shape index (κ2) is 6.12. The molecule has 0 radical (unpaired) electrons. The number of carbonyl (C=O) groups excluding carboxylic acids is 1. The van der Waals surface area contributed by atoms with Crippen LogP contribution < -0.4 is 10.2 Å². The molecule has 1 heterocycles. The van der Waals surface area contributed by atoms with Gasteiger partial charge in [-0.3, -0.25) is 19.8 Å². The fourth-order valence-corrected chi connectivity index (χ4v) is 2.31. The van der Waals surface area contributed by atoms with Crippen molar-refractivity contribution in [1.29, 1.82) is 0 Å². The van der Waals surface area contributed by atoms with Gasteiger partial charge in [0, 0.05) is 25.4 Å². The van der Waals surface area contributed by atoms with Crippen LogP contribution in [0.1, 0.15) is 33.4 Å². The molecule has 7 heteroatoms. The summed E-state index contributed by atoms with van der Waals surface area (Å²) in [4.78, 5) is 28.3. The Morgan fingerprint density at radius 2 is 2.16 bits per heavy atom. The van der Waals surface area contributed by atoms with E-state index in [1.807, 2.05) is 12.3 Å². The van der Waals surface area contributed by atoms with E-state index in [0.717, 1.165) is 5.69 Å². The number of anilines is 1. The summed E-state index contributed by atoms with van der Waals surface area (Å²) in [5.41, 5.74) is -0.275. The smallest absolute Gasteiger partial charge is 0.323 e. The molecular weight excluding hydrogens is 266 g/mol. The zero-order chi connectivity index (χ0) is 14.6. The monoisotopic (exact) mass is 285 g/mol. The van der Waals surface area contributed by atoms with Gasteiger partial charge < -0.3 is 5.11 Å². The van der Waals surface area contributed by atoms with Gasteiger partial charge in [-0.1, -0.05) is 0 Å². The Morgan fingerprint density at radius 3 is 2.63 bits per heavy atom. The van der Waals surface area contributed by atoms with Crippen LogP contribution in [0.2, 0.25) is 0 Å². The lowest BCUT2D eigenvalue weighted by atomic mass is 10.1. The largest absolute Gasteiger partial charge is 0.480 e. The minimum atomic E-state index is -1.01. The van der Waals surface area contributed by atoms with Crippen LogP contribution in [0, 0.1) is 0 Å². The summed E-state index contributed by atoms with van der Waals surface area (Å²) in [7, 11) is 0. The number of carboxylic acids is 1. The number of thiazole rings is 1. The van der Waals surface area contributed by atoms with Crippen LogP contribution in [0.5, 0.6) is 0 Å². The first-order valence-electron chi connectivity index (χ1n) is 5.99. The fourth-order valence-electron chi connectivity index (χ4n) is 1.38. The standard InChI is InChI=1S/C12H19N3O3S/c1-5-15(8(2)16)11-14-9(7-19-11)6-13-12(3,4)10(17)18/h7,13H,5-6H2,1-4H3,(H,17,18). The van der Waals surface area contributed by atoms with Crippen LogP contribution >= 0.6 is 11.3 Å². The van der Waals surface area contributed by atoms with E-state index in [4.69, 9.17) is 5.11 Å². The van der Waals surface area contributed by atoms with Gasteiger partial charge in [0.25, 0.3) is 0 Å². The molecule has 0 aliphatic rings. The van der Waals surface area contributed by atoms with Gasteiger partial charge in [-0.25, -0.2) is 4.98 Å². The molecule has 2 N–H and O–H groups in total. The predicted octanol–water partition coefficient (Wildman–Crippen LogP) is 1.47. The highest BCUT2D eigenvalue weighted by molar-refractivity contribution is 7.14. The third-order valence-corrected chi connectivity index (χ3v) is 3.63. The number of carboxylic acid groups (broad SMARTS) is 1. The average Bonchev–Trinajstić information content (AvgIpc) is 2.75. The second-order valence-corrected chi connectivity index (χ2v) is 5.50. The molecule has 0 fully saturated rings. The fraction of sp³-hybridized carbons (Fsp3) is 0.583. The predicted molar refractivity (Wildman–Crippen MR) is 74.4 cm³/mol. The molecule has 0 aliphatic carbocycles. The summed E-state index contributed by atoms with van der Waals surface area (Å²) in [6, 6.07) is 0. The zero-order valence-electron chi connectivity index (χ0n) is 11.6. The number of carbonyl (C=O) groups is 2. The average molecular weight is 285 g/mol. The Kier molecular flexibility index (Phi) is 5.02. The van der Waals surface area contributed by atoms with Crippen LogP contribution in [0.3, 0.4) is 0 Å². The second-order valence-electron chi connectivity index (χ2n) is 4.67. The molecule has 1 amide bonds. The van der Waals surface area contributed by atoms with Crippen LogP contribution in [0.15, 0.2) is 5.38 Å². The van der Waals surface area contributed by atoms with Gasteiger partial charge in [0.15, 0.2) is 5.13 Å². The molecule has 0 aromatic carbocycles. The molecule has 1 aromatic heterocycles. The van der Waals surface area contributed by atoms with Gasteiger partial charge in [0.05, 0.1) is 5.69 Å². The van der Waals surface area contributed by atoms with Gasteiger partial charge in [0.2, 0.25) is 5.91 Å². The zero-order valence-corrected chi connectivity index (χ0v) is 12.4. The van der Waals surface area contributed by atoms with Crippen LogP contribution in [-0.2, 0) is 16.1 Å². The van der Waals surface area contributed by atoms with E-state index in [1.165, 1.54) is 18.3 Å². The lowest BCUT2D eigenvalue weighted by Gasteiger charge is -2.20. The molecule has 0 bridgehead atoms. The summed E-state index contributed by atoms with van der Waals surface area (Å²) >= 11 is 1.38. The summed E-state index contributed by atoms with van der Waals surface area (Å²) in [5.74, 6) is -0.968. The molecular formula is C12H19N3O3S. The highest BCUT2D eigenvalue weighted by atomic mass is 32.1. The molecule has 0 saturated carbocycles. The Hall–Kier alpha value is -1.47. The van der Waals surface area contributed by atoms with Gasteiger partial charge in [-0.05, 0) is 20.8 Å². The number of aromatic nitrogens is 1. The van der Waals surface area contributed by atoms with Crippen molar-refractivity contribution in [2.45, 2.75) is 39.8 Å². The topological polar surface area (TPSA) is 82.5 Å². The third kappa shape index (κ3) is 4.00. The normalized spacial score (nSPS) is 11.4. The number of amides is 1. The molecule has 6 nitrogen and oxygen atoms in total. The van der Waals surface area contributed by atoms with E-state index >= 15 is 0 Å². The van der Waals surface area contributed by atoms with E-state index in [2.05, 4.69) is 10.3 Å². The Balaban J connectivity index is 2.71. The van der Waals surface area contributed by atoms with Crippen molar-refractivity contribution in [2.75, 3.05) is 11.4 Å². The van der Waals surface area contributed by atoms with Crippen molar-refractivity contribution in [3.05, 3.63) is 11.1 Å². The molecule has 0 saturated heterocycles. The third-order valence-electron chi connectivity index (χ3n) is 2.71. The number of hydrogen-bond acceptors (Lipinski definition) is 5. The van der Waals surface area contributed by atoms with Gasteiger partial charge >= 0.3 is 5.97 Å². The molecule has 1 aromatic rings. The van der Waals surface area contributed by atoms with Crippen molar-refractivity contribution >= 4 is 28.3 Å². The molecule has 0 aliphatic heterocycles. The lowest BCUT2D eigenvalue weighted by Crippen LogP contribution is -2.46. The maximum Gasteiger partial charge on any atom is 0.323 e. The maximum absolute atomic E-state index is 11.4. The molecule has 1 rings (SSSR count). The van der Waals surface area contributed by atoms with Crippen molar-refractivity contribution < 1.29 is 14.7 Å². The first-order chi connectivity index (χ1) is 8.77. The molecule has 0 atom stereocenters. The summed E-state index contributed by atoms with van der Waals surface area (Å²) < 4.78 is 0. The van der Waals surface area contributed by atoms with Crippen LogP contribution in [0.25, 0.3) is 0 Å². The van der Waals surface area contributed by atoms with Crippen molar-refractivity contribution in [3.8, 4) is 0 Å². The highest BCUT2D eigenvalue weighted by Gasteiger charge is 2.26. The summed E-state index contributed by atoms with van der Waals surface area (Å²) in [6.07, 6.45) is 0. The summed E-state index contributed by atoms with van der Waals surface area (Å²) in [6.45, 7) is 7.49. The van der Waals surface area contributed by atoms with Gasteiger partial charge in [-0.2, -0.15) is 0 Å². The quantitative estimate of drug-likeness (QED) is 0.827. The van der Waals surface area contributed by atoms with Gasteiger partial charge in [0.1, 0.15) is 5.54 Å². The first-order valence-corrected chi connectivity index (χ1v) is 6.86. The maximum atomic E-state index is 11.4. The van der Waals surface area contributed by atoms with Crippen LogP contribution in [-0.4, -0.2) is 34.1 Å². The summed E-state index contributed by atoms with van der Waals surface area (Å²) in [5, 5.41) is 14.4. The van der Waals surface area contributed by atoms with Crippen molar-refractivity contribution in [2.24, 2.45) is 0 Å². The molecule has 0 spiro atoms. The number of hydrogen-bond donors (Lipinski definition) is 2. The van der Waals surface area contributed by atoms with E-state index in [9.17, 15) is 9.59 Å². The minimum Gasteiger partial charge on any atom is -0.480 e. The lowest BCUT2D eigenvalue weighted by molar-refractivity contribution is -0.143. The van der Waals surface area contributed by atoms with Crippen molar-refractivity contribution in [1.82, 2.24) is 10.3 Å². The van der Waals surface area contributed by atoms with E-state index in [0.29, 0.717) is 18.2 Å². The Labute approximate surface area is 116 Å². The Morgan fingerprint density at radius 1 is 1.53 bits per heavy atom. The van der Waals surface area contributed by atoms with Crippen LogP contribution in [0.4, 0.5) is 5.13 Å². The van der Waals surface area contributed by atoms with Gasteiger partial charge in [-0.15, -0.1) is 11.3 Å². The number of aliphatic carboxylic acids is 1. The molecule has 106 valence electrons.